The third-order valence-corrected chi connectivity index (χ3v) is 5.17. The highest BCUT2D eigenvalue weighted by Crippen LogP contribution is 2.40. The van der Waals surface area contributed by atoms with Crippen LogP contribution in [0.2, 0.25) is 0 Å². The Balaban J connectivity index is 1.32. The van der Waals surface area contributed by atoms with Crippen LogP contribution in [0.3, 0.4) is 0 Å². The molecule has 0 amide bonds. The maximum atomic E-state index is 5.74. The Morgan fingerprint density at radius 2 is 2.00 bits per heavy atom. The summed E-state index contributed by atoms with van der Waals surface area (Å²) in [5, 5.41) is 9.80. The van der Waals surface area contributed by atoms with Crippen molar-refractivity contribution in [2.45, 2.75) is 36.9 Å². The van der Waals surface area contributed by atoms with Crippen molar-refractivity contribution >= 4 is 11.8 Å². The molecule has 4 rings (SSSR count). The van der Waals surface area contributed by atoms with Gasteiger partial charge in [-0.25, -0.2) is 0 Å². The van der Waals surface area contributed by atoms with E-state index in [0.29, 0.717) is 19.1 Å². The molecule has 0 atom stereocenters. The number of aromatic nitrogens is 3. The van der Waals surface area contributed by atoms with Crippen LogP contribution in [0.15, 0.2) is 58.3 Å². The molecule has 0 N–H and O–H groups in total. The largest absolute Gasteiger partial charge is 0.494 e. The van der Waals surface area contributed by atoms with Gasteiger partial charge in [-0.2, -0.15) is 0 Å². The number of furan rings is 1. The van der Waals surface area contributed by atoms with Crippen molar-refractivity contribution in [1.82, 2.24) is 14.8 Å². The highest BCUT2D eigenvalue weighted by molar-refractivity contribution is 7.99. The monoisotopic (exact) mass is 355 g/mol. The average Bonchev–Trinajstić information content (AvgIpc) is 3.21. The summed E-state index contributed by atoms with van der Waals surface area (Å²) in [6.07, 6.45) is 5.11. The van der Waals surface area contributed by atoms with Crippen LogP contribution in [-0.4, -0.2) is 27.1 Å². The number of rotatable bonds is 9. The van der Waals surface area contributed by atoms with E-state index >= 15 is 0 Å². The predicted molar refractivity (Wildman–Crippen MR) is 97.1 cm³/mol. The van der Waals surface area contributed by atoms with Crippen molar-refractivity contribution < 1.29 is 9.15 Å². The van der Waals surface area contributed by atoms with Crippen LogP contribution in [-0.2, 0) is 6.54 Å². The zero-order chi connectivity index (χ0) is 16.9. The van der Waals surface area contributed by atoms with Crippen LogP contribution < -0.4 is 4.74 Å². The molecule has 0 unspecified atom stereocenters. The molecular weight excluding hydrogens is 334 g/mol. The third-order valence-electron chi connectivity index (χ3n) is 4.11. The van der Waals surface area contributed by atoms with Crippen molar-refractivity contribution in [1.29, 1.82) is 0 Å². The standard InChI is InChI=1S/C19H21N3O2S/c1-2-6-16(7-3-1)23-12-5-13-25-19-21-20-18(15-9-10-15)22(19)14-17-8-4-11-24-17/h1-4,6-8,11,15H,5,9-10,12-14H2. The van der Waals surface area contributed by atoms with E-state index < -0.39 is 0 Å². The Morgan fingerprint density at radius 1 is 1.12 bits per heavy atom. The van der Waals surface area contributed by atoms with Gasteiger partial charge in [0.1, 0.15) is 17.3 Å². The minimum absolute atomic E-state index is 0.568. The van der Waals surface area contributed by atoms with Gasteiger partial charge in [0.25, 0.3) is 0 Å². The Labute approximate surface area is 151 Å². The number of ether oxygens (including phenoxy) is 1. The summed E-state index contributed by atoms with van der Waals surface area (Å²) in [5.41, 5.74) is 0. The van der Waals surface area contributed by atoms with Gasteiger partial charge in [0.15, 0.2) is 5.16 Å². The lowest BCUT2D eigenvalue weighted by Gasteiger charge is -2.08. The molecule has 0 aliphatic heterocycles. The van der Waals surface area contributed by atoms with E-state index in [1.165, 1.54) is 12.8 Å². The van der Waals surface area contributed by atoms with Gasteiger partial charge in [0.2, 0.25) is 0 Å². The van der Waals surface area contributed by atoms with E-state index in [1.807, 2.05) is 42.5 Å². The third kappa shape index (κ3) is 4.25. The molecule has 1 aliphatic rings. The molecule has 2 aromatic heterocycles. The van der Waals surface area contributed by atoms with Gasteiger partial charge in [-0.15, -0.1) is 10.2 Å². The molecule has 2 heterocycles. The molecule has 0 saturated heterocycles. The lowest BCUT2D eigenvalue weighted by atomic mass is 10.3. The van der Waals surface area contributed by atoms with Gasteiger partial charge in [0, 0.05) is 11.7 Å². The van der Waals surface area contributed by atoms with E-state index in [-0.39, 0.29) is 0 Å². The first-order valence-electron chi connectivity index (χ1n) is 8.66. The van der Waals surface area contributed by atoms with Crippen molar-refractivity contribution in [3.63, 3.8) is 0 Å². The first-order valence-corrected chi connectivity index (χ1v) is 9.65. The molecule has 1 saturated carbocycles. The van der Waals surface area contributed by atoms with Crippen LogP contribution in [0.25, 0.3) is 0 Å². The van der Waals surface area contributed by atoms with Crippen molar-refractivity contribution in [2.75, 3.05) is 12.4 Å². The van der Waals surface area contributed by atoms with Gasteiger partial charge < -0.3 is 9.15 Å². The SMILES string of the molecule is c1ccc(OCCCSc2nnc(C3CC3)n2Cc2ccco2)cc1. The van der Waals surface area contributed by atoms with Crippen LogP contribution in [0.1, 0.15) is 36.8 Å². The maximum Gasteiger partial charge on any atom is 0.191 e. The fourth-order valence-corrected chi connectivity index (χ4v) is 3.54. The summed E-state index contributed by atoms with van der Waals surface area (Å²) in [5.74, 6) is 4.48. The molecule has 5 nitrogen and oxygen atoms in total. The summed E-state index contributed by atoms with van der Waals surface area (Å²) in [6, 6.07) is 13.8. The first kappa shape index (κ1) is 16.3. The van der Waals surface area contributed by atoms with Gasteiger partial charge in [-0.05, 0) is 43.5 Å². The summed E-state index contributed by atoms with van der Waals surface area (Å²) in [4.78, 5) is 0. The number of hydrogen-bond acceptors (Lipinski definition) is 5. The molecular formula is C19H21N3O2S. The van der Waals surface area contributed by atoms with Crippen molar-refractivity contribution in [3.05, 3.63) is 60.3 Å². The Bertz CT molecular complexity index is 782. The number of para-hydroxylation sites is 1. The summed E-state index contributed by atoms with van der Waals surface area (Å²) in [6.45, 7) is 1.41. The molecule has 25 heavy (non-hydrogen) atoms. The fraction of sp³-hybridized carbons (Fsp3) is 0.368. The van der Waals surface area contributed by atoms with E-state index in [4.69, 9.17) is 9.15 Å². The van der Waals surface area contributed by atoms with Gasteiger partial charge >= 0.3 is 0 Å². The molecule has 1 aliphatic carbocycles. The van der Waals surface area contributed by atoms with Crippen LogP contribution in [0.5, 0.6) is 5.75 Å². The smallest absolute Gasteiger partial charge is 0.191 e. The highest BCUT2D eigenvalue weighted by Gasteiger charge is 2.30. The zero-order valence-corrected chi connectivity index (χ0v) is 14.8. The molecule has 6 heteroatoms. The van der Waals surface area contributed by atoms with E-state index in [2.05, 4.69) is 14.8 Å². The molecule has 130 valence electrons. The van der Waals surface area contributed by atoms with Gasteiger partial charge in [-0.3, -0.25) is 4.57 Å². The molecule has 1 fully saturated rings. The second-order valence-electron chi connectivity index (χ2n) is 6.14. The average molecular weight is 355 g/mol. The Morgan fingerprint density at radius 3 is 2.76 bits per heavy atom. The number of hydrogen-bond donors (Lipinski definition) is 0. The van der Waals surface area contributed by atoms with Crippen molar-refractivity contribution in [3.8, 4) is 5.75 Å². The summed E-state index contributed by atoms with van der Waals surface area (Å²) in [7, 11) is 0. The quantitative estimate of drug-likeness (QED) is 0.422. The molecule has 3 aromatic rings. The fourth-order valence-electron chi connectivity index (χ4n) is 2.69. The predicted octanol–water partition coefficient (Wildman–Crippen LogP) is 4.36. The summed E-state index contributed by atoms with van der Waals surface area (Å²) < 4.78 is 13.5. The van der Waals surface area contributed by atoms with E-state index in [9.17, 15) is 0 Å². The second kappa shape index (κ2) is 7.78. The maximum absolute atomic E-state index is 5.74. The molecule has 0 spiro atoms. The summed E-state index contributed by atoms with van der Waals surface area (Å²) >= 11 is 1.74. The topological polar surface area (TPSA) is 53.1 Å². The normalized spacial score (nSPS) is 13.9. The van der Waals surface area contributed by atoms with E-state index in [0.717, 1.165) is 34.7 Å². The lowest BCUT2D eigenvalue weighted by molar-refractivity contribution is 0.318. The number of nitrogens with zero attached hydrogens (tertiary/aromatic N) is 3. The number of thioether (sulfide) groups is 1. The molecule has 0 bridgehead atoms. The van der Waals surface area contributed by atoms with Gasteiger partial charge in [-0.1, -0.05) is 30.0 Å². The van der Waals surface area contributed by atoms with Crippen LogP contribution >= 0.6 is 11.8 Å². The Kier molecular flexibility index (Phi) is 5.06. The molecule has 1 aromatic carbocycles. The molecule has 0 radical (unpaired) electrons. The lowest BCUT2D eigenvalue weighted by Crippen LogP contribution is -2.06. The zero-order valence-electron chi connectivity index (χ0n) is 14.0. The minimum atomic E-state index is 0.568. The minimum Gasteiger partial charge on any atom is -0.494 e. The van der Waals surface area contributed by atoms with Crippen molar-refractivity contribution in [2.24, 2.45) is 0 Å². The van der Waals surface area contributed by atoms with Crippen LogP contribution in [0, 0.1) is 0 Å². The first-order chi connectivity index (χ1) is 12.4. The highest BCUT2D eigenvalue weighted by atomic mass is 32.2. The van der Waals surface area contributed by atoms with Gasteiger partial charge in [0.05, 0.1) is 19.4 Å². The Hall–Kier alpha value is -2.21. The number of benzene rings is 1. The second-order valence-corrected chi connectivity index (χ2v) is 7.21. The van der Waals surface area contributed by atoms with Crippen LogP contribution in [0.4, 0.5) is 0 Å². The van der Waals surface area contributed by atoms with E-state index in [1.54, 1.807) is 18.0 Å².